The van der Waals surface area contributed by atoms with E-state index in [9.17, 15) is 24.4 Å². The molecule has 1 atom stereocenters. The van der Waals surface area contributed by atoms with Crippen molar-refractivity contribution in [3.8, 4) is 17.2 Å². The van der Waals surface area contributed by atoms with Crippen LogP contribution in [0.4, 0.5) is 10.6 Å². The van der Waals surface area contributed by atoms with E-state index in [1.54, 1.807) is 63.6 Å². The van der Waals surface area contributed by atoms with Crippen molar-refractivity contribution in [3.63, 3.8) is 0 Å². The van der Waals surface area contributed by atoms with Crippen LogP contribution < -0.4 is 10.2 Å². The number of aromatic amines is 1. The Morgan fingerprint density at radius 1 is 0.966 bits per heavy atom. The molecule has 1 saturated heterocycles. The van der Waals surface area contributed by atoms with E-state index in [0.29, 0.717) is 82.5 Å². The number of fused-ring (bicyclic) bond motifs is 2. The minimum Gasteiger partial charge on any atom is -0.461 e. The molecule has 1 aliphatic heterocycles. The number of pyridine rings is 2. The first-order valence-corrected chi connectivity index (χ1v) is 19.8. The predicted octanol–water partition coefficient (Wildman–Crippen LogP) is 7.98. The maximum atomic E-state index is 13.8. The largest absolute Gasteiger partial charge is 0.461 e. The maximum Gasteiger partial charge on any atom is 0.419 e. The van der Waals surface area contributed by atoms with Crippen molar-refractivity contribution in [2.24, 2.45) is 11.3 Å². The van der Waals surface area contributed by atoms with E-state index in [-0.39, 0.29) is 29.2 Å². The van der Waals surface area contributed by atoms with Crippen LogP contribution in [0.25, 0.3) is 33.2 Å². The second kappa shape index (κ2) is 17.6. The Hall–Kier alpha value is -6.10. The second-order valence-electron chi connectivity index (χ2n) is 16.8. The molecule has 1 aliphatic rings. The zero-order valence-corrected chi connectivity index (χ0v) is 35.1. The van der Waals surface area contributed by atoms with E-state index in [4.69, 9.17) is 14.5 Å². The summed E-state index contributed by atoms with van der Waals surface area (Å²) in [5.41, 5.74) is 2.25. The van der Waals surface area contributed by atoms with E-state index >= 15 is 0 Å². The number of piperidine rings is 1. The Balaban J connectivity index is 0.00000315. The Labute approximate surface area is 339 Å². The molecular weight excluding hydrogens is 737 g/mol. The fourth-order valence-corrected chi connectivity index (χ4v) is 6.69. The van der Waals surface area contributed by atoms with Crippen LogP contribution in [0.15, 0.2) is 55.0 Å². The van der Waals surface area contributed by atoms with Gasteiger partial charge >= 0.3 is 12.1 Å². The normalized spacial score (nSPS) is 14.1. The van der Waals surface area contributed by atoms with Crippen molar-refractivity contribution in [2.75, 3.05) is 18.0 Å². The standard InChI is InChI=1S/C42H48N8O6.C2H6/c1-24(2)35(47-34(51)20-41(3,4)5)39(53)55-27-13-16-49(17-14-27)33-12-11-31-37(46-33)48-38(45-31)36(52)25-9-10-26(21-43)29(19-25)30-22-44-23-32-28(30)15-18-50(32)40(54)56-42(6,7)8;1-2/h9-12,15,18-19,22-24,27,35H,13-14,16-17,20H2,1-8H3,(H,47,51)(H,45,46,48);1-2H3. The van der Waals surface area contributed by atoms with Gasteiger partial charge in [-0.05, 0) is 68.5 Å². The molecule has 0 bridgehead atoms. The Kier molecular flexibility index (Phi) is 13.0. The summed E-state index contributed by atoms with van der Waals surface area (Å²) in [5.74, 6) is -0.332. The number of nitriles is 1. The van der Waals surface area contributed by atoms with Crippen molar-refractivity contribution in [3.05, 3.63) is 71.9 Å². The first kappa shape index (κ1) is 43.0. The highest BCUT2D eigenvalue weighted by atomic mass is 16.6. The highest BCUT2D eigenvalue weighted by Gasteiger charge is 2.31. The molecule has 4 aromatic heterocycles. The van der Waals surface area contributed by atoms with Gasteiger partial charge in [0.15, 0.2) is 11.5 Å². The molecule has 306 valence electrons. The van der Waals surface area contributed by atoms with Gasteiger partial charge in [-0.25, -0.2) is 19.6 Å². The highest BCUT2D eigenvalue weighted by molar-refractivity contribution is 6.09. The van der Waals surface area contributed by atoms with Crippen LogP contribution in [0, 0.1) is 22.7 Å². The molecule has 1 amide bonds. The molecule has 1 unspecified atom stereocenters. The number of hydrogen-bond donors (Lipinski definition) is 2. The third-order valence-corrected chi connectivity index (χ3v) is 9.42. The second-order valence-corrected chi connectivity index (χ2v) is 16.8. The van der Waals surface area contributed by atoms with Gasteiger partial charge in [0.2, 0.25) is 11.7 Å². The number of imidazole rings is 1. The van der Waals surface area contributed by atoms with E-state index in [1.165, 1.54) is 4.57 Å². The third-order valence-electron chi connectivity index (χ3n) is 9.42. The Morgan fingerprint density at radius 2 is 1.67 bits per heavy atom. The van der Waals surface area contributed by atoms with Crippen LogP contribution in [-0.2, 0) is 19.1 Å². The molecule has 5 aromatic rings. The van der Waals surface area contributed by atoms with Gasteiger partial charge in [0.1, 0.15) is 23.6 Å². The van der Waals surface area contributed by atoms with Crippen LogP contribution >= 0.6 is 0 Å². The van der Waals surface area contributed by atoms with E-state index in [0.717, 1.165) is 0 Å². The molecule has 6 rings (SSSR count). The molecule has 14 heteroatoms. The lowest BCUT2D eigenvalue weighted by molar-refractivity contribution is -0.155. The minimum atomic E-state index is -0.718. The summed E-state index contributed by atoms with van der Waals surface area (Å²) < 4.78 is 12.8. The molecule has 0 spiro atoms. The molecule has 2 N–H and O–H groups in total. The molecular formula is C44H54N8O6. The number of esters is 1. The molecule has 58 heavy (non-hydrogen) atoms. The van der Waals surface area contributed by atoms with E-state index < -0.39 is 29.5 Å². The lowest BCUT2D eigenvalue weighted by atomic mass is 9.91. The summed E-state index contributed by atoms with van der Waals surface area (Å²) in [4.78, 5) is 71.2. The van der Waals surface area contributed by atoms with Crippen molar-refractivity contribution in [2.45, 2.75) is 106 Å². The van der Waals surface area contributed by atoms with Gasteiger partial charge in [-0.15, -0.1) is 0 Å². The van der Waals surface area contributed by atoms with Gasteiger partial charge in [-0.3, -0.25) is 19.1 Å². The summed E-state index contributed by atoms with van der Waals surface area (Å²) in [5, 5.41) is 13.5. The number of nitrogens with zero attached hydrogens (tertiary/aromatic N) is 6. The molecule has 1 aromatic carbocycles. The van der Waals surface area contributed by atoms with Gasteiger partial charge in [0.05, 0.1) is 28.9 Å². The molecule has 1 fully saturated rings. The molecule has 14 nitrogen and oxygen atoms in total. The zero-order valence-electron chi connectivity index (χ0n) is 35.1. The number of nitrogens with one attached hydrogen (secondary N) is 2. The zero-order chi connectivity index (χ0) is 42.5. The molecule has 5 heterocycles. The van der Waals surface area contributed by atoms with Gasteiger partial charge in [0, 0.05) is 66.8 Å². The van der Waals surface area contributed by atoms with Crippen LogP contribution in [0.3, 0.4) is 0 Å². The number of amides is 1. The van der Waals surface area contributed by atoms with Crippen molar-refractivity contribution >= 4 is 51.6 Å². The average Bonchev–Trinajstić information content (AvgIpc) is 3.81. The highest BCUT2D eigenvalue weighted by Crippen LogP contribution is 2.33. The summed E-state index contributed by atoms with van der Waals surface area (Å²) >= 11 is 0. The summed E-state index contributed by atoms with van der Waals surface area (Å²) in [7, 11) is 0. The fourth-order valence-electron chi connectivity index (χ4n) is 6.69. The topological polar surface area (TPSA) is 185 Å². The van der Waals surface area contributed by atoms with Gasteiger partial charge in [0.25, 0.3) is 0 Å². The lowest BCUT2D eigenvalue weighted by Gasteiger charge is -2.33. The molecule has 0 saturated carbocycles. The minimum absolute atomic E-state index is 0.0904. The predicted molar refractivity (Wildman–Crippen MR) is 222 cm³/mol. The van der Waals surface area contributed by atoms with Crippen molar-refractivity contribution in [1.29, 1.82) is 5.26 Å². The Bertz CT molecular complexity index is 2350. The maximum absolute atomic E-state index is 13.8. The first-order valence-electron chi connectivity index (χ1n) is 19.8. The van der Waals surface area contributed by atoms with Crippen molar-refractivity contribution < 1.29 is 28.7 Å². The number of H-pyrrole nitrogens is 1. The fraction of sp³-hybridized carbons (Fsp3) is 0.455. The quantitative estimate of drug-likeness (QED) is 0.109. The molecule has 0 radical (unpaired) electrons. The number of benzene rings is 1. The van der Waals surface area contributed by atoms with Crippen molar-refractivity contribution in [1.82, 2.24) is 29.8 Å². The number of carbonyl (C=O) groups is 4. The van der Waals surface area contributed by atoms with Gasteiger partial charge in [-0.1, -0.05) is 48.5 Å². The SMILES string of the molecule is CC.CC(C)C(NC(=O)CC(C)(C)C)C(=O)OC1CCN(c2ccc3[nH]c(C(=O)c4ccc(C#N)c(-c5cncc6c5ccn6C(=O)OC(C)(C)C)c4)nc3n2)CC1. The van der Waals surface area contributed by atoms with Crippen LogP contribution in [0.2, 0.25) is 0 Å². The van der Waals surface area contributed by atoms with E-state index in [2.05, 4.69) is 31.2 Å². The smallest absolute Gasteiger partial charge is 0.419 e. The summed E-state index contributed by atoms with van der Waals surface area (Å²) in [6.07, 6.45) is 5.39. The molecule has 0 aliphatic carbocycles. The average molecular weight is 791 g/mol. The van der Waals surface area contributed by atoms with Gasteiger partial charge in [-0.2, -0.15) is 5.26 Å². The number of aromatic nitrogens is 5. The van der Waals surface area contributed by atoms with Crippen LogP contribution in [0.1, 0.15) is 110 Å². The summed E-state index contributed by atoms with van der Waals surface area (Å²) in [6.45, 7) is 20.2. The number of rotatable bonds is 9. The van der Waals surface area contributed by atoms with Crippen LogP contribution in [0.5, 0.6) is 0 Å². The monoisotopic (exact) mass is 790 g/mol. The Morgan fingerprint density at radius 3 is 2.31 bits per heavy atom. The van der Waals surface area contributed by atoms with Crippen LogP contribution in [-0.4, -0.2) is 79.1 Å². The number of ether oxygens (including phenoxy) is 2. The summed E-state index contributed by atoms with van der Waals surface area (Å²) in [6, 6.07) is 11.7. The lowest BCUT2D eigenvalue weighted by Crippen LogP contribution is -2.48. The number of ketones is 1. The third kappa shape index (κ3) is 10.1. The van der Waals surface area contributed by atoms with E-state index in [1.807, 2.05) is 60.6 Å². The number of hydrogen-bond acceptors (Lipinski definition) is 11. The first-order chi connectivity index (χ1) is 27.4. The van der Waals surface area contributed by atoms with Gasteiger partial charge < -0.3 is 24.7 Å². The number of carbonyl (C=O) groups excluding carboxylic acids is 4. The number of anilines is 1.